The number of rotatable bonds is 6. The van der Waals surface area contributed by atoms with Crippen LogP contribution in [0.1, 0.15) is 54.4 Å². The molecule has 34 heavy (non-hydrogen) atoms. The highest BCUT2D eigenvalue weighted by Crippen LogP contribution is 2.39. The van der Waals surface area contributed by atoms with Gasteiger partial charge in [-0.3, -0.25) is 14.8 Å². The van der Waals surface area contributed by atoms with Crippen LogP contribution in [-0.4, -0.2) is 48.8 Å². The summed E-state index contributed by atoms with van der Waals surface area (Å²) < 4.78 is 20.2. The third kappa shape index (κ3) is 4.42. The van der Waals surface area contributed by atoms with Gasteiger partial charge in [-0.2, -0.15) is 0 Å². The first-order valence-corrected chi connectivity index (χ1v) is 11.1. The van der Waals surface area contributed by atoms with Crippen LogP contribution in [0.2, 0.25) is 0 Å². The Morgan fingerprint density at radius 3 is 2.68 bits per heavy atom. The summed E-state index contributed by atoms with van der Waals surface area (Å²) in [6.45, 7) is 3.52. The molecular weight excluding hydrogens is 439 g/mol. The molecule has 1 aliphatic rings. The maximum absolute atomic E-state index is 14.2. The number of hydrogen-bond acceptors (Lipinski definition) is 8. The van der Waals surface area contributed by atoms with Crippen molar-refractivity contribution in [2.24, 2.45) is 0 Å². The van der Waals surface area contributed by atoms with Crippen molar-refractivity contribution in [3.05, 3.63) is 71.7 Å². The molecular formula is C25H27FN4O4. The van der Waals surface area contributed by atoms with Gasteiger partial charge in [-0.05, 0) is 48.7 Å². The van der Waals surface area contributed by atoms with E-state index >= 15 is 0 Å². The lowest BCUT2D eigenvalue weighted by atomic mass is 9.81. The lowest BCUT2D eigenvalue weighted by Crippen LogP contribution is -2.56. The van der Waals surface area contributed by atoms with Gasteiger partial charge in [-0.15, -0.1) is 0 Å². The van der Waals surface area contributed by atoms with Crippen LogP contribution in [0.4, 0.5) is 10.1 Å². The highest BCUT2D eigenvalue weighted by Gasteiger charge is 2.47. The zero-order valence-corrected chi connectivity index (χ0v) is 19.0. The van der Waals surface area contributed by atoms with E-state index in [1.54, 1.807) is 38.4 Å². The highest BCUT2D eigenvalue weighted by molar-refractivity contribution is 6.00. The van der Waals surface area contributed by atoms with Gasteiger partial charge in [0.2, 0.25) is 0 Å². The first-order chi connectivity index (χ1) is 16.2. The van der Waals surface area contributed by atoms with E-state index < -0.39 is 29.7 Å². The fourth-order valence-corrected chi connectivity index (χ4v) is 4.40. The highest BCUT2D eigenvalue weighted by atomic mass is 19.1. The number of halogens is 1. The number of aliphatic hydroxyl groups is 2. The molecule has 0 radical (unpaired) electrons. The monoisotopic (exact) mass is 466 g/mol. The molecule has 0 aliphatic carbocycles. The van der Waals surface area contributed by atoms with Crippen LogP contribution in [0.25, 0.3) is 11.3 Å². The Balaban J connectivity index is 1.61. The summed E-state index contributed by atoms with van der Waals surface area (Å²) in [6.07, 6.45) is 4.03. The summed E-state index contributed by atoms with van der Waals surface area (Å²) in [5.41, 5.74) is 6.69. The molecule has 0 aromatic carbocycles. The smallest absolute Gasteiger partial charge is 0.187 e. The number of nitrogen functional groups attached to an aromatic ring is 1. The molecule has 3 aromatic rings. The average molecular weight is 467 g/mol. The number of aliphatic hydroxyl groups excluding tert-OH is 1. The van der Waals surface area contributed by atoms with Crippen molar-refractivity contribution in [1.82, 2.24) is 15.0 Å². The first-order valence-electron chi connectivity index (χ1n) is 11.1. The lowest BCUT2D eigenvalue weighted by Gasteiger charge is -2.45. The Hall–Kier alpha value is -3.27. The summed E-state index contributed by atoms with van der Waals surface area (Å²) in [6, 6.07) is 6.29. The average Bonchev–Trinajstić information content (AvgIpc) is 2.83. The fourth-order valence-electron chi connectivity index (χ4n) is 4.40. The van der Waals surface area contributed by atoms with Crippen molar-refractivity contribution < 1.29 is 24.1 Å². The molecule has 4 heterocycles. The standard InChI is InChI=1S/C25H27FN4O4/c1-3-25(33)14(2)34-22(11-23(25)32)16-6-8-28-12-15(16)10-21(31)24-19(27)4-5-20(30-24)17-7-9-29-13-18(17)26/h4-9,12-14,22-23,32-33H,3,10-11,27H2,1-2H3/t14-,22-,23-,25-/m1/s1. The number of ketones is 1. The number of aromatic nitrogens is 3. The predicted octanol–water partition coefficient (Wildman–Crippen LogP) is 3.04. The third-order valence-electron chi connectivity index (χ3n) is 6.53. The molecule has 0 spiro atoms. The van der Waals surface area contributed by atoms with Crippen LogP contribution >= 0.6 is 0 Å². The zero-order chi connectivity index (χ0) is 24.5. The number of ether oxygens (including phenoxy) is 1. The Labute approximate surface area is 196 Å². The zero-order valence-electron chi connectivity index (χ0n) is 19.0. The summed E-state index contributed by atoms with van der Waals surface area (Å²) in [5.74, 6) is -0.917. The number of anilines is 1. The lowest BCUT2D eigenvalue weighted by molar-refractivity contribution is -0.224. The fraction of sp³-hybridized carbons (Fsp3) is 0.360. The van der Waals surface area contributed by atoms with E-state index in [4.69, 9.17) is 10.5 Å². The number of Topliss-reactive ketones (excluding diaryl/α,β-unsaturated/α-hetero) is 1. The summed E-state index contributed by atoms with van der Waals surface area (Å²) in [4.78, 5) is 25.4. The topological polar surface area (TPSA) is 131 Å². The van der Waals surface area contributed by atoms with E-state index in [0.29, 0.717) is 17.5 Å². The van der Waals surface area contributed by atoms with Crippen molar-refractivity contribution in [1.29, 1.82) is 0 Å². The SMILES string of the molecule is CC[C@]1(O)[C@H](O)C[C@H](c2ccncc2CC(=O)c2nc(-c3ccncc3F)ccc2N)O[C@@H]1C. The number of nitrogens with zero attached hydrogens (tertiary/aromatic N) is 3. The summed E-state index contributed by atoms with van der Waals surface area (Å²) in [7, 11) is 0. The van der Waals surface area contributed by atoms with Crippen molar-refractivity contribution in [3.8, 4) is 11.3 Å². The van der Waals surface area contributed by atoms with Crippen molar-refractivity contribution in [2.45, 2.75) is 57.0 Å². The van der Waals surface area contributed by atoms with Crippen LogP contribution in [0.3, 0.4) is 0 Å². The Bertz CT molecular complexity index is 1190. The minimum atomic E-state index is -1.33. The quantitative estimate of drug-likeness (QED) is 0.473. The molecule has 0 bridgehead atoms. The minimum Gasteiger partial charge on any atom is -0.397 e. The van der Waals surface area contributed by atoms with Gasteiger partial charge in [-0.1, -0.05) is 6.92 Å². The van der Waals surface area contributed by atoms with Crippen LogP contribution in [0.15, 0.2) is 49.1 Å². The van der Waals surface area contributed by atoms with Gasteiger partial charge in [0.15, 0.2) is 11.6 Å². The minimum absolute atomic E-state index is 0.0295. The van der Waals surface area contributed by atoms with Gasteiger partial charge >= 0.3 is 0 Å². The van der Waals surface area contributed by atoms with Gasteiger partial charge in [0.25, 0.3) is 0 Å². The van der Waals surface area contributed by atoms with Crippen LogP contribution in [-0.2, 0) is 11.2 Å². The van der Waals surface area contributed by atoms with Gasteiger partial charge < -0.3 is 20.7 Å². The molecule has 9 heteroatoms. The van der Waals surface area contributed by atoms with E-state index in [9.17, 15) is 19.4 Å². The van der Waals surface area contributed by atoms with Crippen LogP contribution < -0.4 is 5.73 Å². The molecule has 3 aromatic heterocycles. The molecule has 4 atom stereocenters. The van der Waals surface area contributed by atoms with E-state index in [1.807, 2.05) is 0 Å². The van der Waals surface area contributed by atoms with E-state index in [0.717, 1.165) is 6.20 Å². The van der Waals surface area contributed by atoms with Gasteiger partial charge in [-0.25, -0.2) is 9.37 Å². The number of nitrogens with two attached hydrogens (primary N) is 1. The number of pyridine rings is 3. The van der Waals surface area contributed by atoms with Crippen LogP contribution in [0, 0.1) is 5.82 Å². The van der Waals surface area contributed by atoms with E-state index in [2.05, 4.69) is 15.0 Å². The third-order valence-corrected chi connectivity index (χ3v) is 6.53. The summed E-state index contributed by atoms with van der Waals surface area (Å²) in [5, 5.41) is 21.3. The molecule has 1 saturated heterocycles. The van der Waals surface area contributed by atoms with Crippen LogP contribution in [0.5, 0.6) is 0 Å². The molecule has 178 valence electrons. The molecule has 4 rings (SSSR count). The van der Waals surface area contributed by atoms with Crippen molar-refractivity contribution in [3.63, 3.8) is 0 Å². The molecule has 1 fully saturated rings. The second kappa shape index (κ2) is 9.54. The van der Waals surface area contributed by atoms with Gasteiger partial charge in [0.05, 0.1) is 35.9 Å². The molecule has 4 N–H and O–H groups in total. The molecule has 0 saturated carbocycles. The van der Waals surface area contributed by atoms with Crippen molar-refractivity contribution >= 4 is 11.5 Å². The molecule has 0 unspecified atom stereocenters. The number of carbonyl (C=O) groups excluding carboxylic acids is 1. The largest absolute Gasteiger partial charge is 0.397 e. The maximum atomic E-state index is 14.2. The Morgan fingerprint density at radius 2 is 1.97 bits per heavy atom. The first kappa shape index (κ1) is 23.9. The second-order valence-corrected chi connectivity index (χ2v) is 8.53. The normalized spacial score (nSPS) is 24.7. The Morgan fingerprint density at radius 1 is 1.24 bits per heavy atom. The summed E-state index contributed by atoms with van der Waals surface area (Å²) >= 11 is 0. The van der Waals surface area contributed by atoms with Gasteiger partial charge in [0.1, 0.15) is 11.3 Å². The van der Waals surface area contributed by atoms with Gasteiger partial charge in [0, 0.05) is 37.0 Å². The number of carbonyl (C=O) groups is 1. The molecule has 1 aliphatic heterocycles. The number of hydrogen-bond donors (Lipinski definition) is 3. The van der Waals surface area contributed by atoms with E-state index in [-0.39, 0.29) is 41.3 Å². The molecule has 0 amide bonds. The predicted molar refractivity (Wildman–Crippen MR) is 123 cm³/mol. The maximum Gasteiger partial charge on any atom is 0.187 e. The second-order valence-electron chi connectivity index (χ2n) is 8.53. The van der Waals surface area contributed by atoms with E-state index in [1.165, 1.54) is 18.3 Å². The Kier molecular flexibility index (Phi) is 6.70. The van der Waals surface area contributed by atoms with Crippen molar-refractivity contribution in [2.75, 3.05) is 5.73 Å². The molecule has 8 nitrogen and oxygen atoms in total.